The Hall–Kier alpha value is -2.96. The largest absolute Gasteiger partial charge is 0.455 e. The molecule has 0 saturated carbocycles. The second-order valence-corrected chi connectivity index (χ2v) is 16.2. The van der Waals surface area contributed by atoms with Gasteiger partial charge in [-0.15, -0.1) is 16.5 Å². The molecule has 2 aromatic carbocycles. The fourth-order valence-electron chi connectivity index (χ4n) is 3.96. The van der Waals surface area contributed by atoms with Gasteiger partial charge in [0, 0.05) is 29.0 Å². The van der Waals surface area contributed by atoms with E-state index in [-0.39, 0.29) is 5.04 Å². The molecule has 0 radical (unpaired) electrons. The van der Waals surface area contributed by atoms with Crippen LogP contribution < -0.4 is 5.32 Å². The molecule has 0 amide bonds. The molecule has 0 spiro atoms. The van der Waals surface area contributed by atoms with Crippen molar-refractivity contribution >= 4 is 46.8 Å². The zero-order chi connectivity index (χ0) is 23.9. The van der Waals surface area contributed by atoms with Crippen LogP contribution in [0.3, 0.4) is 0 Å². The van der Waals surface area contributed by atoms with Gasteiger partial charge in [0.25, 0.3) is 8.32 Å². The maximum absolute atomic E-state index is 6.17. The predicted molar refractivity (Wildman–Crippen MR) is 148 cm³/mol. The number of hydrogen-bond acceptors (Lipinski definition) is 5. The number of rotatable bonds is 5. The van der Waals surface area contributed by atoms with Gasteiger partial charge in [-0.3, -0.25) is 4.98 Å². The summed E-state index contributed by atoms with van der Waals surface area (Å²) in [7, 11) is -1.92. The van der Waals surface area contributed by atoms with Gasteiger partial charge in [-0.05, 0) is 60.3 Å². The van der Waals surface area contributed by atoms with Gasteiger partial charge in [-0.1, -0.05) is 57.2 Å². The summed E-state index contributed by atoms with van der Waals surface area (Å²) in [5.41, 5.74) is 7.06. The lowest BCUT2D eigenvalue weighted by Gasteiger charge is -2.33. The van der Waals surface area contributed by atoms with Gasteiger partial charge in [-0.25, -0.2) is 0 Å². The van der Waals surface area contributed by atoms with Crippen LogP contribution in [-0.4, -0.2) is 19.0 Å². The minimum atomic E-state index is -1.92. The highest BCUT2D eigenvalue weighted by Crippen LogP contribution is 2.44. The second kappa shape index (κ2) is 8.67. The van der Waals surface area contributed by atoms with E-state index in [1.807, 2.05) is 12.4 Å². The first kappa shape index (κ1) is 22.8. The van der Waals surface area contributed by atoms with Crippen molar-refractivity contribution in [1.82, 2.24) is 4.98 Å². The number of benzene rings is 2. The smallest absolute Gasteiger partial charge is 0.286 e. The predicted octanol–water partition coefficient (Wildman–Crippen LogP) is 8.38. The Morgan fingerprint density at radius 2 is 1.82 bits per heavy atom. The standard InChI is InChI=1S/C28H31N3OSSi/c1-28(2,3)34(4,5)32-31-24-14-11-20-17-21(12-13-22(20)24)30-26-23-15-16-29-18-25(23)33-27(26)19-9-7-6-8-10-19/h6-10,12-13,15-18,30H,11,14H2,1-5H3. The SMILES string of the molecule is CC(C)(C)[Si](C)(C)ON=C1CCc2cc(Nc3c(-c4ccccc4)sc4cnccc34)ccc21. The highest BCUT2D eigenvalue weighted by molar-refractivity contribution is 7.23. The summed E-state index contributed by atoms with van der Waals surface area (Å²) in [4.78, 5) is 5.56. The average molecular weight is 486 g/mol. The van der Waals surface area contributed by atoms with Crippen LogP contribution in [0.1, 0.15) is 38.3 Å². The van der Waals surface area contributed by atoms with Crippen LogP contribution >= 0.6 is 11.3 Å². The molecular weight excluding hydrogens is 454 g/mol. The van der Waals surface area contributed by atoms with Crippen LogP contribution in [0.25, 0.3) is 20.5 Å². The van der Waals surface area contributed by atoms with Crippen LogP contribution in [0.2, 0.25) is 18.1 Å². The van der Waals surface area contributed by atoms with Gasteiger partial charge < -0.3 is 9.84 Å². The van der Waals surface area contributed by atoms with E-state index < -0.39 is 8.32 Å². The molecule has 5 rings (SSSR count). The first-order valence-corrected chi connectivity index (χ1v) is 15.5. The highest BCUT2D eigenvalue weighted by Gasteiger charge is 2.40. The number of anilines is 2. The number of pyridine rings is 1. The van der Waals surface area contributed by atoms with Crippen molar-refractivity contribution in [3.05, 3.63) is 78.1 Å². The van der Waals surface area contributed by atoms with Crippen molar-refractivity contribution in [3.63, 3.8) is 0 Å². The fraction of sp³-hybridized carbons (Fsp3) is 0.286. The molecule has 1 aliphatic carbocycles. The second-order valence-electron chi connectivity index (χ2n) is 10.4. The molecule has 0 unspecified atom stereocenters. The number of thiophene rings is 1. The number of nitrogens with one attached hydrogen (secondary N) is 1. The highest BCUT2D eigenvalue weighted by atomic mass is 32.1. The number of aryl methyl sites for hydroxylation is 1. The van der Waals surface area contributed by atoms with Crippen LogP contribution in [0.5, 0.6) is 0 Å². The molecule has 0 atom stereocenters. The zero-order valence-electron chi connectivity index (χ0n) is 20.5. The Bertz CT molecular complexity index is 1370. The van der Waals surface area contributed by atoms with Gasteiger partial charge in [0.15, 0.2) is 0 Å². The lowest BCUT2D eigenvalue weighted by atomic mass is 10.1. The van der Waals surface area contributed by atoms with Crippen molar-refractivity contribution < 1.29 is 4.53 Å². The molecule has 2 heterocycles. The molecular formula is C28H31N3OSSi. The van der Waals surface area contributed by atoms with Crippen molar-refractivity contribution in [1.29, 1.82) is 0 Å². The van der Waals surface area contributed by atoms with Crippen molar-refractivity contribution in [2.45, 2.75) is 51.7 Å². The van der Waals surface area contributed by atoms with Gasteiger partial charge >= 0.3 is 0 Å². The monoisotopic (exact) mass is 485 g/mol. The van der Waals surface area contributed by atoms with E-state index >= 15 is 0 Å². The molecule has 174 valence electrons. The number of fused-ring (bicyclic) bond motifs is 2. The summed E-state index contributed by atoms with van der Waals surface area (Å²) >= 11 is 1.78. The minimum Gasteiger partial charge on any atom is -0.455 e. The Morgan fingerprint density at radius 1 is 1.03 bits per heavy atom. The van der Waals surface area contributed by atoms with Gasteiger partial charge in [0.2, 0.25) is 0 Å². The molecule has 6 heteroatoms. The Morgan fingerprint density at radius 3 is 2.59 bits per heavy atom. The summed E-state index contributed by atoms with van der Waals surface area (Å²) in [6.07, 6.45) is 5.73. The number of oxime groups is 1. The number of nitrogens with zero attached hydrogens (tertiary/aromatic N) is 2. The molecule has 0 saturated heterocycles. The van der Waals surface area contributed by atoms with E-state index in [1.54, 1.807) is 11.3 Å². The average Bonchev–Trinajstić information content (AvgIpc) is 3.39. The van der Waals surface area contributed by atoms with E-state index in [0.29, 0.717) is 0 Å². The van der Waals surface area contributed by atoms with E-state index in [0.717, 1.165) is 29.9 Å². The molecule has 4 aromatic rings. The molecule has 2 aromatic heterocycles. The third kappa shape index (κ3) is 4.28. The topological polar surface area (TPSA) is 46.5 Å². The minimum absolute atomic E-state index is 0.140. The summed E-state index contributed by atoms with van der Waals surface area (Å²) in [6, 6.07) is 19.3. The van der Waals surface area contributed by atoms with Crippen LogP contribution in [-0.2, 0) is 10.9 Å². The normalized spacial score (nSPS) is 15.0. The number of aromatic nitrogens is 1. The van der Waals surface area contributed by atoms with E-state index in [9.17, 15) is 0 Å². The third-order valence-corrected chi connectivity index (χ3v) is 12.4. The van der Waals surface area contributed by atoms with E-state index in [4.69, 9.17) is 4.53 Å². The molecule has 0 bridgehead atoms. The summed E-state index contributed by atoms with van der Waals surface area (Å²) in [6.45, 7) is 11.2. The van der Waals surface area contributed by atoms with Crippen LogP contribution in [0.15, 0.2) is 72.1 Å². The zero-order valence-corrected chi connectivity index (χ0v) is 22.3. The molecule has 1 N–H and O–H groups in total. The molecule has 0 fully saturated rings. The summed E-state index contributed by atoms with van der Waals surface area (Å²) in [5, 5.41) is 9.73. The quantitative estimate of drug-likeness (QED) is 0.228. The van der Waals surface area contributed by atoms with Crippen molar-refractivity contribution in [2.75, 3.05) is 5.32 Å². The van der Waals surface area contributed by atoms with Gasteiger partial charge in [-0.2, -0.15) is 0 Å². The lowest BCUT2D eigenvalue weighted by Crippen LogP contribution is -2.39. The molecule has 0 aliphatic heterocycles. The maximum atomic E-state index is 6.17. The maximum Gasteiger partial charge on any atom is 0.286 e. The molecule has 4 nitrogen and oxygen atoms in total. The Labute approximate surface area is 206 Å². The summed E-state index contributed by atoms with van der Waals surface area (Å²) in [5.74, 6) is 0. The third-order valence-electron chi connectivity index (χ3n) is 7.04. The summed E-state index contributed by atoms with van der Waals surface area (Å²) < 4.78 is 7.35. The van der Waals surface area contributed by atoms with E-state index in [2.05, 4.69) is 104 Å². The fourth-order valence-corrected chi connectivity index (χ4v) is 5.70. The Kier molecular flexibility index (Phi) is 5.82. The lowest BCUT2D eigenvalue weighted by molar-refractivity contribution is 0.307. The first-order valence-electron chi connectivity index (χ1n) is 11.8. The molecule has 34 heavy (non-hydrogen) atoms. The van der Waals surface area contributed by atoms with Crippen LogP contribution in [0, 0.1) is 0 Å². The van der Waals surface area contributed by atoms with Gasteiger partial charge in [0.05, 0.1) is 21.0 Å². The first-order chi connectivity index (χ1) is 16.2. The van der Waals surface area contributed by atoms with Gasteiger partial charge in [0.1, 0.15) is 0 Å². The number of hydrogen-bond donors (Lipinski definition) is 1. The molecule has 1 aliphatic rings. The van der Waals surface area contributed by atoms with Crippen molar-refractivity contribution in [2.24, 2.45) is 5.16 Å². The van der Waals surface area contributed by atoms with Crippen molar-refractivity contribution in [3.8, 4) is 10.4 Å². The van der Waals surface area contributed by atoms with E-state index in [1.165, 1.54) is 31.7 Å². The Balaban J connectivity index is 1.46. The van der Waals surface area contributed by atoms with Crippen LogP contribution in [0.4, 0.5) is 11.4 Å².